The molecule has 0 atom stereocenters. The first-order chi connectivity index (χ1) is 14.6. The quantitative estimate of drug-likeness (QED) is 0.717. The van der Waals surface area contributed by atoms with Gasteiger partial charge in [-0.05, 0) is 48.9 Å². The number of likely N-dealkylation sites (tertiary alicyclic amines) is 2. The summed E-state index contributed by atoms with van der Waals surface area (Å²) in [5.74, 6) is -0.161. The molecule has 0 saturated carbocycles. The van der Waals surface area contributed by atoms with Crippen LogP contribution >= 0.6 is 0 Å². The van der Waals surface area contributed by atoms with Gasteiger partial charge in [0.25, 0.3) is 5.91 Å². The van der Waals surface area contributed by atoms with E-state index in [0.29, 0.717) is 50.1 Å². The van der Waals surface area contributed by atoms with Crippen molar-refractivity contribution in [1.29, 1.82) is 0 Å². The maximum absolute atomic E-state index is 14.0. The number of aromatic amines is 1. The zero-order valence-corrected chi connectivity index (χ0v) is 16.7. The molecule has 2 amide bonds. The van der Waals surface area contributed by atoms with Crippen molar-refractivity contribution in [2.24, 2.45) is 5.41 Å². The molecule has 5 rings (SSSR count). The van der Waals surface area contributed by atoms with Gasteiger partial charge in [-0.25, -0.2) is 4.39 Å². The molecule has 154 valence electrons. The molecule has 30 heavy (non-hydrogen) atoms. The summed E-state index contributed by atoms with van der Waals surface area (Å²) in [6.45, 7) is 2.10. The Morgan fingerprint density at radius 3 is 2.60 bits per heavy atom. The third-order valence-electron chi connectivity index (χ3n) is 6.73. The van der Waals surface area contributed by atoms with E-state index >= 15 is 0 Å². The minimum absolute atomic E-state index is 0.00927. The monoisotopic (exact) mass is 405 g/mol. The highest BCUT2D eigenvalue weighted by atomic mass is 19.1. The van der Waals surface area contributed by atoms with E-state index in [-0.39, 0.29) is 17.6 Å². The van der Waals surface area contributed by atoms with E-state index < -0.39 is 5.41 Å². The van der Waals surface area contributed by atoms with Crippen LogP contribution in [0.5, 0.6) is 0 Å². The summed E-state index contributed by atoms with van der Waals surface area (Å²) < 4.78 is 14.0. The Bertz CT molecular complexity index is 1110. The molecule has 0 aliphatic carbocycles. The average molecular weight is 405 g/mol. The molecule has 6 heteroatoms. The number of benzene rings is 2. The third-order valence-corrected chi connectivity index (χ3v) is 6.73. The van der Waals surface area contributed by atoms with Crippen LogP contribution in [-0.4, -0.2) is 46.2 Å². The van der Waals surface area contributed by atoms with E-state index in [1.807, 2.05) is 35.4 Å². The second-order valence-electron chi connectivity index (χ2n) is 8.42. The van der Waals surface area contributed by atoms with Crippen LogP contribution in [0.15, 0.2) is 54.7 Å². The number of rotatable bonds is 3. The highest BCUT2D eigenvalue weighted by molar-refractivity contribution is 5.98. The van der Waals surface area contributed by atoms with Gasteiger partial charge < -0.3 is 14.8 Å². The van der Waals surface area contributed by atoms with Gasteiger partial charge in [-0.3, -0.25) is 9.59 Å². The van der Waals surface area contributed by atoms with Crippen LogP contribution < -0.4 is 0 Å². The summed E-state index contributed by atoms with van der Waals surface area (Å²) in [4.78, 5) is 32.9. The van der Waals surface area contributed by atoms with Crippen molar-refractivity contribution in [2.45, 2.75) is 25.8 Å². The Morgan fingerprint density at radius 1 is 1.03 bits per heavy atom. The average Bonchev–Trinajstić information content (AvgIpc) is 3.35. The number of aromatic nitrogens is 1. The molecule has 1 spiro atoms. The lowest BCUT2D eigenvalue weighted by Crippen LogP contribution is -2.46. The van der Waals surface area contributed by atoms with Crippen LogP contribution in [0.25, 0.3) is 10.9 Å². The lowest BCUT2D eigenvalue weighted by molar-refractivity contribution is -0.138. The van der Waals surface area contributed by atoms with Crippen molar-refractivity contribution in [3.05, 3.63) is 71.7 Å². The number of nitrogens with zero attached hydrogens (tertiary/aromatic N) is 2. The summed E-state index contributed by atoms with van der Waals surface area (Å²) in [6.07, 6.45) is 3.96. The second kappa shape index (κ2) is 7.27. The van der Waals surface area contributed by atoms with Crippen molar-refractivity contribution < 1.29 is 14.0 Å². The summed E-state index contributed by atoms with van der Waals surface area (Å²) in [5, 5.41) is 1.08. The fraction of sp³-hybridized carbons (Fsp3) is 0.333. The third kappa shape index (κ3) is 3.16. The molecule has 1 N–H and O–H groups in total. The Kier molecular flexibility index (Phi) is 4.57. The Morgan fingerprint density at radius 2 is 1.80 bits per heavy atom. The number of nitrogens with one attached hydrogen (secondary N) is 1. The zero-order valence-electron chi connectivity index (χ0n) is 16.7. The number of hydrogen-bond donors (Lipinski definition) is 1. The molecule has 0 unspecified atom stereocenters. The zero-order chi connectivity index (χ0) is 20.7. The van der Waals surface area contributed by atoms with Crippen LogP contribution in [0.2, 0.25) is 0 Å². The van der Waals surface area contributed by atoms with E-state index in [1.165, 1.54) is 6.07 Å². The van der Waals surface area contributed by atoms with Gasteiger partial charge in [0.2, 0.25) is 5.91 Å². The first kappa shape index (κ1) is 18.9. The fourth-order valence-corrected chi connectivity index (χ4v) is 4.84. The predicted octanol–water partition coefficient (Wildman–Crippen LogP) is 3.96. The van der Waals surface area contributed by atoms with E-state index in [2.05, 4.69) is 4.98 Å². The molecule has 2 aliphatic heterocycles. The van der Waals surface area contributed by atoms with Gasteiger partial charge in [-0.15, -0.1) is 0 Å². The van der Waals surface area contributed by atoms with Crippen LogP contribution in [0.1, 0.15) is 35.2 Å². The molecule has 0 bridgehead atoms. The lowest BCUT2D eigenvalue weighted by atomic mass is 9.77. The molecule has 2 saturated heterocycles. The number of carbonyl (C=O) groups is 2. The Balaban J connectivity index is 1.25. The number of piperidine rings is 1. The van der Waals surface area contributed by atoms with E-state index in [9.17, 15) is 14.0 Å². The molecule has 0 radical (unpaired) electrons. The van der Waals surface area contributed by atoms with Gasteiger partial charge in [-0.2, -0.15) is 0 Å². The van der Waals surface area contributed by atoms with Crippen molar-refractivity contribution >= 4 is 22.7 Å². The smallest absolute Gasteiger partial charge is 0.253 e. The van der Waals surface area contributed by atoms with Crippen LogP contribution in [0, 0.1) is 11.2 Å². The maximum Gasteiger partial charge on any atom is 0.253 e. The first-order valence-electron chi connectivity index (χ1n) is 10.4. The highest BCUT2D eigenvalue weighted by Gasteiger charge is 2.48. The number of carbonyl (C=O) groups excluding carboxylic acids is 2. The molecule has 2 fully saturated rings. The lowest BCUT2D eigenvalue weighted by Gasteiger charge is -2.38. The summed E-state index contributed by atoms with van der Waals surface area (Å²) in [5.41, 5.74) is 1.75. The normalized spacial score (nSPS) is 18.5. The van der Waals surface area contributed by atoms with Gasteiger partial charge >= 0.3 is 0 Å². The maximum atomic E-state index is 14.0. The molecular weight excluding hydrogens is 381 g/mol. The minimum atomic E-state index is -0.411. The standard InChI is InChI=1S/C24H24FN3O2/c25-20-4-2-1-3-19(20)16-28-14-10-24(23(28)30)8-12-27(13-9-24)22(29)18-6-5-17-7-11-26-21(17)15-18/h1-7,11,15,26H,8-10,12-14,16H2. The topological polar surface area (TPSA) is 56.4 Å². The van der Waals surface area contributed by atoms with Crippen molar-refractivity contribution in [3.63, 3.8) is 0 Å². The van der Waals surface area contributed by atoms with Gasteiger partial charge in [0, 0.05) is 49.0 Å². The number of H-pyrrole nitrogens is 1. The molecule has 5 nitrogen and oxygen atoms in total. The summed E-state index contributed by atoms with van der Waals surface area (Å²) in [7, 11) is 0. The highest BCUT2D eigenvalue weighted by Crippen LogP contribution is 2.42. The van der Waals surface area contributed by atoms with Gasteiger partial charge in [0.15, 0.2) is 0 Å². The van der Waals surface area contributed by atoms with Crippen molar-refractivity contribution in [1.82, 2.24) is 14.8 Å². The van der Waals surface area contributed by atoms with Gasteiger partial charge in [-0.1, -0.05) is 24.3 Å². The van der Waals surface area contributed by atoms with E-state index in [1.54, 1.807) is 23.1 Å². The van der Waals surface area contributed by atoms with Gasteiger partial charge in [0.05, 0.1) is 5.41 Å². The number of hydrogen-bond acceptors (Lipinski definition) is 2. The number of amides is 2. The van der Waals surface area contributed by atoms with Crippen LogP contribution in [0.3, 0.4) is 0 Å². The summed E-state index contributed by atoms with van der Waals surface area (Å²) >= 11 is 0. The molecule has 1 aromatic heterocycles. The van der Waals surface area contributed by atoms with Crippen molar-refractivity contribution in [2.75, 3.05) is 19.6 Å². The van der Waals surface area contributed by atoms with Crippen molar-refractivity contribution in [3.8, 4) is 0 Å². The molecule has 3 heterocycles. The molecular formula is C24H24FN3O2. The van der Waals surface area contributed by atoms with Crippen LogP contribution in [-0.2, 0) is 11.3 Å². The minimum Gasteiger partial charge on any atom is -0.361 e. The van der Waals surface area contributed by atoms with E-state index in [0.717, 1.165) is 17.3 Å². The number of fused-ring (bicyclic) bond motifs is 1. The molecule has 2 aliphatic rings. The largest absolute Gasteiger partial charge is 0.361 e. The predicted molar refractivity (Wildman–Crippen MR) is 112 cm³/mol. The van der Waals surface area contributed by atoms with E-state index in [4.69, 9.17) is 0 Å². The second-order valence-corrected chi connectivity index (χ2v) is 8.42. The number of halogens is 1. The SMILES string of the molecule is O=C(c1ccc2cc[nH]c2c1)N1CCC2(CC1)CCN(Cc1ccccc1F)C2=O. The Labute approximate surface area is 174 Å². The van der Waals surface area contributed by atoms with Gasteiger partial charge in [0.1, 0.15) is 5.82 Å². The fourth-order valence-electron chi connectivity index (χ4n) is 4.84. The summed E-state index contributed by atoms with van der Waals surface area (Å²) in [6, 6.07) is 14.3. The Hall–Kier alpha value is -3.15. The first-order valence-corrected chi connectivity index (χ1v) is 10.4. The van der Waals surface area contributed by atoms with Crippen LogP contribution in [0.4, 0.5) is 4.39 Å². The molecule has 2 aromatic carbocycles. The molecule has 3 aromatic rings.